The standard InChI is InChI=1S/C12H14N2O3/c1-7-6-8(2-3-9(7)13)11(15)14-10-4-5-17-12(10)16/h2-3,6,10H,4-5,13H2,1H3,(H,14,15)/t10-/m0/s1. The highest BCUT2D eigenvalue weighted by atomic mass is 16.5. The van der Waals surface area contributed by atoms with Crippen LogP contribution in [0, 0.1) is 6.92 Å². The summed E-state index contributed by atoms with van der Waals surface area (Å²) in [5, 5.41) is 2.64. The van der Waals surface area contributed by atoms with Crippen molar-refractivity contribution in [2.45, 2.75) is 19.4 Å². The molecule has 1 heterocycles. The van der Waals surface area contributed by atoms with Gasteiger partial charge in [0, 0.05) is 17.7 Å². The molecule has 1 aromatic rings. The molecular weight excluding hydrogens is 220 g/mol. The van der Waals surface area contributed by atoms with Crippen molar-refractivity contribution in [3.05, 3.63) is 29.3 Å². The summed E-state index contributed by atoms with van der Waals surface area (Å²) in [4.78, 5) is 23.1. The average Bonchev–Trinajstić information content (AvgIpc) is 2.68. The molecule has 17 heavy (non-hydrogen) atoms. The molecule has 0 aromatic heterocycles. The Morgan fingerprint density at radius 2 is 2.29 bits per heavy atom. The van der Waals surface area contributed by atoms with Crippen LogP contribution in [-0.4, -0.2) is 24.5 Å². The highest BCUT2D eigenvalue weighted by Gasteiger charge is 2.28. The number of benzene rings is 1. The van der Waals surface area contributed by atoms with E-state index in [1.165, 1.54) is 0 Å². The smallest absolute Gasteiger partial charge is 0.328 e. The maximum Gasteiger partial charge on any atom is 0.328 e. The molecule has 1 saturated heterocycles. The van der Waals surface area contributed by atoms with Gasteiger partial charge in [0.25, 0.3) is 5.91 Å². The third-order valence-corrected chi connectivity index (χ3v) is 2.77. The Kier molecular flexibility index (Phi) is 2.99. The zero-order valence-corrected chi connectivity index (χ0v) is 9.53. The van der Waals surface area contributed by atoms with E-state index in [0.29, 0.717) is 24.3 Å². The Hall–Kier alpha value is -2.04. The summed E-state index contributed by atoms with van der Waals surface area (Å²) in [6.45, 7) is 2.19. The number of amides is 1. The fraction of sp³-hybridized carbons (Fsp3) is 0.333. The highest BCUT2D eigenvalue weighted by molar-refractivity contribution is 5.97. The molecule has 1 fully saturated rings. The fourth-order valence-corrected chi connectivity index (χ4v) is 1.69. The first-order valence-electron chi connectivity index (χ1n) is 5.41. The number of esters is 1. The van der Waals surface area contributed by atoms with Crippen molar-refractivity contribution >= 4 is 17.6 Å². The predicted octanol–water partition coefficient (Wildman–Crippen LogP) is 0.623. The van der Waals surface area contributed by atoms with Gasteiger partial charge in [0.2, 0.25) is 0 Å². The van der Waals surface area contributed by atoms with Gasteiger partial charge >= 0.3 is 5.97 Å². The summed E-state index contributed by atoms with van der Waals surface area (Å²) in [5.74, 6) is -0.650. The second kappa shape index (κ2) is 4.45. The van der Waals surface area contributed by atoms with Crippen molar-refractivity contribution in [3.8, 4) is 0 Å². The number of nitrogens with two attached hydrogens (primary N) is 1. The first-order chi connectivity index (χ1) is 8.08. The van der Waals surface area contributed by atoms with Crippen LogP contribution in [0.4, 0.5) is 5.69 Å². The van der Waals surface area contributed by atoms with Gasteiger partial charge in [0.05, 0.1) is 6.61 Å². The number of carbonyl (C=O) groups excluding carboxylic acids is 2. The first-order valence-corrected chi connectivity index (χ1v) is 5.41. The van der Waals surface area contributed by atoms with E-state index < -0.39 is 6.04 Å². The Bertz CT molecular complexity index is 471. The SMILES string of the molecule is Cc1cc(C(=O)N[C@H]2CCOC2=O)ccc1N. The highest BCUT2D eigenvalue weighted by Crippen LogP contribution is 2.13. The van der Waals surface area contributed by atoms with E-state index in [0.717, 1.165) is 5.56 Å². The minimum atomic E-state index is -0.527. The Labute approximate surface area is 98.9 Å². The van der Waals surface area contributed by atoms with Gasteiger partial charge in [-0.25, -0.2) is 4.79 Å². The van der Waals surface area contributed by atoms with E-state index in [1.54, 1.807) is 18.2 Å². The molecule has 5 heteroatoms. The largest absolute Gasteiger partial charge is 0.464 e. The number of rotatable bonds is 2. The lowest BCUT2D eigenvalue weighted by Crippen LogP contribution is -2.37. The van der Waals surface area contributed by atoms with Crippen LogP contribution in [-0.2, 0) is 9.53 Å². The van der Waals surface area contributed by atoms with Gasteiger partial charge in [-0.2, -0.15) is 0 Å². The number of nitrogen functional groups attached to an aromatic ring is 1. The Morgan fingerprint density at radius 1 is 1.53 bits per heavy atom. The molecule has 5 nitrogen and oxygen atoms in total. The molecule has 0 aliphatic carbocycles. The summed E-state index contributed by atoms with van der Waals surface area (Å²) in [7, 11) is 0. The van der Waals surface area contributed by atoms with Crippen LogP contribution in [0.2, 0.25) is 0 Å². The van der Waals surface area contributed by atoms with E-state index in [9.17, 15) is 9.59 Å². The molecule has 0 bridgehead atoms. The van der Waals surface area contributed by atoms with Gasteiger partial charge in [-0.1, -0.05) is 0 Å². The molecule has 1 aliphatic heterocycles. The van der Waals surface area contributed by atoms with E-state index in [4.69, 9.17) is 10.5 Å². The van der Waals surface area contributed by atoms with Crippen molar-refractivity contribution in [1.82, 2.24) is 5.32 Å². The van der Waals surface area contributed by atoms with Gasteiger partial charge < -0.3 is 15.8 Å². The summed E-state index contributed by atoms with van der Waals surface area (Å²) in [6, 6.07) is 4.49. The van der Waals surface area contributed by atoms with Crippen molar-refractivity contribution in [1.29, 1.82) is 0 Å². The lowest BCUT2D eigenvalue weighted by atomic mass is 10.1. The van der Waals surface area contributed by atoms with Crippen molar-refractivity contribution in [3.63, 3.8) is 0 Å². The number of ether oxygens (including phenoxy) is 1. The molecule has 0 spiro atoms. The molecule has 1 aromatic carbocycles. The molecular formula is C12H14N2O3. The van der Waals surface area contributed by atoms with Crippen LogP contribution in [0.15, 0.2) is 18.2 Å². The number of aryl methyl sites for hydroxylation is 1. The number of cyclic esters (lactones) is 1. The van der Waals surface area contributed by atoms with Gasteiger partial charge in [-0.15, -0.1) is 0 Å². The minimum Gasteiger partial charge on any atom is -0.464 e. The third-order valence-electron chi connectivity index (χ3n) is 2.77. The van der Waals surface area contributed by atoms with Gasteiger partial charge in [0.1, 0.15) is 6.04 Å². The summed E-state index contributed by atoms with van der Waals surface area (Å²) in [5.41, 5.74) is 7.65. The average molecular weight is 234 g/mol. The normalized spacial score (nSPS) is 18.9. The van der Waals surface area contributed by atoms with Crippen molar-refractivity contribution in [2.75, 3.05) is 12.3 Å². The topological polar surface area (TPSA) is 81.4 Å². The van der Waals surface area contributed by atoms with Crippen LogP contribution in [0.1, 0.15) is 22.3 Å². The minimum absolute atomic E-state index is 0.281. The van der Waals surface area contributed by atoms with Crippen LogP contribution in [0.3, 0.4) is 0 Å². The lowest BCUT2D eigenvalue weighted by Gasteiger charge is -2.09. The molecule has 0 unspecified atom stereocenters. The molecule has 1 amide bonds. The van der Waals surface area contributed by atoms with E-state index >= 15 is 0 Å². The Morgan fingerprint density at radius 3 is 2.88 bits per heavy atom. The van der Waals surface area contributed by atoms with E-state index in [2.05, 4.69) is 5.32 Å². The number of nitrogens with one attached hydrogen (secondary N) is 1. The lowest BCUT2D eigenvalue weighted by molar-refractivity contribution is -0.139. The number of anilines is 1. The summed E-state index contributed by atoms with van der Waals surface area (Å²) >= 11 is 0. The molecule has 1 atom stereocenters. The zero-order chi connectivity index (χ0) is 12.4. The van der Waals surface area contributed by atoms with E-state index in [1.807, 2.05) is 6.92 Å². The fourth-order valence-electron chi connectivity index (χ4n) is 1.69. The maximum absolute atomic E-state index is 11.9. The predicted molar refractivity (Wildman–Crippen MR) is 62.4 cm³/mol. The number of carbonyl (C=O) groups is 2. The maximum atomic E-state index is 11.9. The first kappa shape index (κ1) is 11.4. The second-order valence-corrected chi connectivity index (χ2v) is 4.05. The summed E-state index contributed by atoms with van der Waals surface area (Å²) in [6.07, 6.45) is 0.526. The molecule has 1 aliphatic rings. The van der Waals surface area contributed by atoms with Gasteiger partial charge in [-0.3, -0.25) is 4.79 Å². The number of hydrogen-bond donors (Lipinski definition) is 2. The Balaban J connectivity index is 2.09. The zero-order valence-electron chi connectivity index (χ0n) is 9.53. The third kappa shape index (κ3) is 2.38. The quantitative estimate of drug-likeness (QED) is 0.580. The molecule has 3 N–H and O–H groups in total. The van der Waals surface area contributed by atoms with Crippen LogP contribution < -0.4 is 11.1 Å². The van der Waals surface area contributed by atoms with Gasteiger partial charge in [0.15, 0.2) is 0 Å². The van der Waals surface area contributed by atoms with Gasteiger partial charge in [-0.05, 0) is 30.7 Å². The van der Waals surface area contributed by atoms with Crippen molar-refractivity contribution < 1.29 is 14.3 Å². The molecule has 2 rings (SSSR count). The molecule has 0 saturated carbocycles. The molecule has 0 radical (unpaired) electrons. The second-order valence-electron chi connectivity index (χ2n) is 4.05. The molecule has 90 valence electrons. The van der Waals surface area contributed by atoms with Crippen LogP contribution >= 0.6 is 0 Å². The van der Waals surface area contributed by atoms with Crippen molar-refractivity contribution in [2.24, 2.45) is 0 Å². The monoisotopic (exact) mass is 234 g/mol. The number of hydrogen-bond acceptors (Lipinski definition) is 4. The van der Waals surface area contributed by atoms with Crippen LogP contribution in [0.25, 0.3) is 0 Å². The van der Waals surface area contributed by atoms with E-state index in [-0.39, 0.29) is 11.9 Å². The van der Waals surface area contributed by atoms with Crippen LogP contribution in [0.5, 0.6) is 0 Å². The summed E-state index contributed by atoms with van der Waals surface area (Å²) < 4.78 is 4.77.